The highest BCUT2D eigenvalue weighted by molar-refractivity contribution is 7.91. The van der Waals surface area contributed by atoms with Crippen molar-refractivity contribution in [2.45, 2.75) is 38.0 Å². The molecule has 0 bridgehead atoms. The molecule has 0 N–H and O–H groups in total. The third kappa shape index (κ3) is 5.45. The minimum atomic E-state index is -3.55. The molecule has 1 aromatic rings. The minimum absolute atomic E-state index is 0.0252. The Kier molecular flexibility index (Phi) is 7.66. The molecular formula is C15H21Cl2NO3S. The van der Waals surface area contributed by atoms with Crippen LogP contribution in [-0.4, -0.2) is 38.1 Å². The predicted molar refractivity (Wildman–Crippen MR) is 90.3 cm³/mol. The second-order valence-corrected chi connectivity index (χ2v) is 7.95. The van der Waals surface area contributed by atoms with E-state index < -0.39 is 9.84 Å². The van der Waals surface area contributed by atoms with Crippen molar-refractivity contribution in [2.24, 2.45) is 0 Å². The molecule has 1 rings (SSSR count). The van der Waals surface area contributed by atoms with Crippen LogP contribution < -0.4 is 0 Å². The van der Waals surface area contributed by atoms with E-state index in [0.29, 0.717) is 18.1 Å². The Morgan fingerprint density at radius 3 is 2.18 bits per heavy atom. The molecule has 0 unspecified atom stereocenters. The molecule has 0 saturated heterocycles. The molecule has 0 radical (unpaired) electrons. The Morgan fingerprint density at radius 1 is 1.09 bits per heavy atom. The number of hydrogen-bond acceptors (Lipinski definition) is 3. The quantitative estimate of drug-likeness (QED) is 0.703. The van der Waals surface area contributed by atoms with Gasteiger partial charge in [-0.3, -0.25) is 4.79 Å². The number of nitrogens with zero attached hydrogens (tertiary/aromatic N) is 1. The average Bonchev–Trinajstić information content (AvgIpc) is 2.47. The van der Waals surface area contributed by atoms with Crippen LogP contribution in [0.2, 0.25) is 10.0 Å². The van der Waals surface area contributed by atoms with E-state index in [1.807, 2.05) is 13.8 Å². The second-order valence-electron chi connectivity index (χ2n) is 5.03. The maximum atomic E-state index is 12.3. The third-order valence-corrected chi connectivity index (χ3v) is 5.63. The summed E-state index contributed by atoms with van der Waals surface area (Å²) in [6, 6.07) is 4.17. The van der Waals surface area contributed by atoms with E-state index in [2.05, 4.69) is 0 Å². The van der Waals surface area contributed by atoms with E-state index in [0.717, 1.165) is 12.8 Å². The van der Waals surface area contributed by atoms with Crippen molar-refractivity contribution >= 4 is 38.9 Å². The lowest BCUT2D eigenvalue weighted by atomic mass is 10.3. The number of rotatable bonds is 8. The van der Waals surface area contributed by atoms with Gasteiger partial charge in [-0.15, -0.1) is 0 Å². The number of amides is 1. The summed E-state index contributed by atoms with van der Waals surface area (Å²) in [7, 11) is -3.55. The van der Waals surface area contributed by atoms with Gasteiger partial charge in [0.15, 0.2) is 9.84 Å². The highest BCUT2D eigenvalue weighted by atomic mass is 35.5. The fourth-order valence-corrected chi connectivity index (χ4v) is 3.68. The van der Waals surface area contributed by atoms with Gasteiger partial charge in [-0.25, -0.2) is 8.42 Å². The van der Waals surface area contributed by atoms with Crippen LogP contribution >= 0.6 is 23.2 Å². The smallest absolute Gasteiger partial charge is 0.223 e. The molecule has 0 aliphatic carbocycles. The predicted octanol–water partition coefficient (Wildman–Crippen LogP) is 3.81. The lowest BCUT2D eigenvalue weighted by Gasteiger charge is -2.21. The molecule has 0 aliphatic rings. The highest BCUT2D eigenvalue weighted by Gasteiger charge is 2.20. The van der Waals surface area contributed by atoms with Gasteiger partial charge < -0.3 is 4.90 Å². The van der Waals surface area contributed by atoms with Crippen LogP contribution in [0.4, 0.5) is 0 Å². The van der Waals surface area contributed by atoms with Crippen molar-refractivity contribution in [3.63, 3.8) is 0 Å². The lowest BCUT2D eigenvalue weighted by molar-refractivity contribution is -0.130. The molecule has 0 heterocycles. The molecule has 7 heteroatoms. The lowest BCUT2D eigenvalue weighted by Crippen LogP contribution is -2.33. The molecule has 0 spiro atoms. The molecule has 1 aromatic carbocycles. The number of halogens is 2. The first-order valence-electron chi connectivity index (χ1n) is 7.27. The molecule has 0 aliphatic heterocycles. The zero-order chi connectivity index (χ0) is 16.8. The van der Waals surface area contributed by atoms with Crippen LogP contribution in [0.15, 0.2) is 23.1 Å². The third-order valence-electron chi connectivity index (χ3n) is 3.17. The molecule has 4 nitrogen and oxygen atoms in total. The van der Waals surface area contributed by atoms with E-state index in [1.54, 1.807) is 4.90 Å². The van der Waals surface area contributed by atoms with Gasteiger partial charge >= 0.3 is 0 Å². The van der Waals surface area contributed by atoms with Crippen molar-refractivity contribution in [2.75, 3.05) is 18.8 Å². The number of carbonyl (C=O) groups excluding carboxylic acids is 1. The molecule has 22 heavy (non-hydrogen) atoms. The van der Waals surface area contributed by atoms with Crippen molar-refractivity contribution in [3.8, 4) is 0 Å². The first kappa shape index (κ1) is 19.3. The van der Waals surface area contributed by atoms with Crippen molar-refractivity contribution in [1.29, 1.82) is 0 Å². The zero-order valence-corrected chi connectivity index (χ0v) is 15.1. The van der Waals surface area contributed by atoms with Gasteiger partial charge in [0.05, 0.1) is 20.7 Å². The van der Waals surface area contributed by atoms with Crippen LogP contribution in [0.5, 0.6) is 0 Å². The summed E-state index contributed by atoms with van der Waals surface area (Å²) in [5.41, 5.74) is 0. The SMILES string of the molecule is CCCN(CCC)C(=O)CCS(=O)(=O)c1ccc(Cl)c(Cl)c1. The van der Waals surface area contributed by atoms with Crippen LogP contribution in [0, 0.1) is 0 Å². The van der Waals surface area contributed by atoms with Crippen LogP contribution in [-0.2, 0) is 14.6 Å². The van der Waals surface area contributed by atoms with Crippen LogP contribution in [0.1, 0.15) is 33.1 Å². The standard InChI is InChI=1S/C15H21Cl2NO3S/c1-3-8-18(9-4-2)15(19)7-10-22(20,21)12-5-6-13(16)14(17)11-12/h5-6,11H,3-4,7-10H2,1-2H3. The number of hydrogen-bond donors (Lipinski definition) is 0. The van der Waals surface area contributed by atoms with E-state index in [1.165, 1.54) is 18.2 Å². The van der Waals surface area contributed by atoms with Crippen molar-refractivity contribution in [3.05, 3.63) is 28.2 Å². The number of sulfone groups is 1. The fraction of sp³-hybridized carbons (Fsp3) is 0.533. The normalized spacial score (nSPS) is 11.5. The highest BCUT2D eigenvalue weighted by Crippen LogP contribution is 2.25. The minimum Gasteiger partial charge on any atom is -0.343 e. The molecule has 0 saturated carbocycles. The molecule has 0 atom stereocenters. The van der Waals surface area contributed by atoms with Crippen LogP contribution in [0.3, 0.4) is 0 Å². The topological polar surface area (TPSA) is 54.5 Å². The summed E-state index contributed by atoms with van der Waals surface area (Å²) in [5.74, 6) is -0.361. The van der Waals surface area contributed by atoms with Gasteiger partial charge in [-0.1, -0.05) is 37.0 Å². The summed E-state index contributed by atoms with van der Waals surface area (Å²) in [6.07, 6.45) is 1.68. The molecule has 0 aromatic heterocycles. The van der Waals surface area contributed by atoms with Gasteiger partial charge in [0, 0.05) is 19.5 Å². The van der Waals surface area contributed by atoms with Crippen LogP contribution in [0.25, 0.3) is 0 Å². The van der Waals surface area contributed by atoms with E-state index >= 15 is 0 Å². The Labute approximate surface area is 142 Å². The molecular weight excluding hydrogens is 345 g/mol. The summed E-state index contributed by atoms with van der Waals surface area (Å²) in [4.78, 5) is 13.9. The van der Waals surface area contributed by atoms with Crippen molar-refractivity contribution in [1.82, 2.24) is 4.90 Å². The Balaban J connectivity index is 2.76. The fourth-order valence-electron chi connectivity index (χ4n) is 2.07. The summed E-state index contributed by atoms with van der Waals surface area (Å²) in [5, 5.41) is 0.487. The van der Waals surface area contributed by atoms with E-state index in [-0.39, 0.29) is 28.0 Å². The maximum Gasteiger partial charge on any atom is 0.223 e. The van der Waals surface area contributed by atoms with Gasteiger partial charge in [0.2, 0.25) is 5.91 Å². The number of carbonyl (C=O) groups is 1. The van der Waals surface area contributed by atoms with Gasteiger partial charge in [-0.2, -0.15) is 0 Å². The Morgan fingerprint density at radius 2 is 1.68 bits per heavy atom. The Bertz CT molecular complexity index is 611. The molecule has 1 amide bonds. The van der Waals surface area contributed by atoms with Gasteiger partial charge in [0.1, 0.15) is 0 Å². The first-order chi connectivity index (χ1) is 10.3. The molecule has 0 fully saturated rings. The van der Waals surface area contributed by atoms with E-state index in [4.69, 9.17) is 23.2 Å². The summed E-state index contributed by atoms with van der Waals surface area (Å²) in [6.45, 7) is 5.28. The summed E-state index contributed by atoms with van der Waals surface area (Å²) >= 11 is 11.6. The van der Waals surface area contributed by atoms with E-state index in [9.17, 15) is 13.2 Å². The first-order valence-corrected chi connectivity index (χ1v) is 9.68. The van der Waals surface area contributed by atoms with Crippen molar-refractivity contribution < 1.29 is 13.2 Å². The maximum absolute atomic E-state index is 12.3. The average molecular weight is 366 g/mol. The number of benzene rings is 1. The monoisotopic (exact) mass is 365 g/mol. The van der Waals surface area contributed by atoms with Gasteiger partial charge in [-0.05, 0) is 31.0 Å². The summed E-state index contributed by atoms with van der Waals surface area (Å²) < 4.78 is 24.5. The van der Waals surface area contributed by atoms with Gasteiger partial charge in [0.25, 0.3) is 0 Å². The Hall–Kier alpha value is -0.780. The largest absolute Gasteiger partial charge is 0.343 e. The second kappa shape index (κ2) is 8.75. The molecule has 124 valence electrons. The zero-order valence-electron chi connectivity index (χ0n) is 12.8.